The van der Waals surface area contributed by atoms with E-state index in [1.165, 1.54) is 19.2 Å². The number of carboxylic acids is 1. The predicted octanol–water partition coefficient (Wildman–Crippen LogP) is 4.68. The van der Waals surface area contributed by atoms with Crippen molar-refractivity contribution in [2.75, 3.05) is 13.7 Å². The summed E-state index contributed by atoms with van der Waals surface area (Å²) in [5.41, 5.74) is 1.55. The van der Waals surface area contributed by atoms with E-state index >= 15 is 0 Å². The standard InChI is InChI=1S/C21H18ClNO6S/c1-3-28-16-9-13(10-17-19(24)23(2)21(27)30-17)8-15(22)18(16)29-11-12-4-6-14(7-5-12)20(25)26/h4-10H,3,11H2,1-2H3,(H,25,26)/b17-10-. The van der Waals surface area contributed by atoms with Crippen LogP contribution in [0, 0.1) is 0 Å². The number of ether oxygens (including phenoxy) is 2. The van der Waals surface area contributed by atoms with E-state index in [0.717, 1.165) is 22.2 Å². The molecule has 1 aliphatic rings. The van der Waals surface area contributed by atoms with Gasteiger partial charge in [-0.1, -0.05) is 23.7 Å². The molecule has 2 aromatic rings. The van der Waals surface area contributed by atoms with E-state index in [9.17, 15) is 14.4 Å². The van der Waals surface area contributed by atoms with Crippen LogP contribution in [0.2, 0.25) is 5.02 Å². The lowest BCUT2D eigenvalue weighted by molar-refractivity contribution is -0.121. The molecule has 2 amide bonds. The molecule has 0 saturated carbocycles. The van der Waals surface area contributed by atoms with Crippen LogP contribution in [0.3, 0.4) is 0 Å². The Kier molecular flexibility index (Phi) is 6.69. The number of hydrogen-bond donors (Lipinski definition) is 1. The zero-order valence-electron chi connectivity index (χ0n) is 16.2. The Bertz CT molecular complexity index is 1030. The Balaban J connectivity index is 1.84. The van der Waals surface area contributed by atoms with E-state index in [-0.39, 0.29) is 28.3 Å². The van der Waals surface area contributed by atoms with Crippen molar-refractivity contribution >= 4 is 46.6 Å². The summed E-state index contributed by atoms with van der Waals surface area (Å²) in [6.07, 6.45) is 1.58. The highest BCUT2D eigenvalue weighted by atomic mass is 35.5. The average molecular weight is 448 g/mol. The highest BCUT2D eigenvalue weighted by molar-refractivity contribution is 8.18. The van der Waals surface area contributed by atoms with Crippen molar-refractivity contribution in [3.8, 4) is 11.5 Å². The van der Waals surface area contributed by atoms with Crippen molar-refractivity contribution in [2.24, 2.45) is 0 Å². The molecule has 2 aromatic carbocycles. The quantitative estimate of drug-likeness (QED) is 0.616. The largest absolute Gasteiger partial charge is 0.490 e. The van der Waals surface area contributed by atoms with Crippen LogP contribution in [-0.2, 0) is 11.4 Å². The van der Waals surface area contributed by atoms with Crippen LogP contribution in [-0.4, -0.2) is 40.8 Å². The zero-order chi connectivity index (χ0) is 21.8. The number of carbonyl (C=O) groups is 3. The molecule has 0 aromatic heterocycles. The number of nitrogens with zero attached hydrogens (tertiary/aromatic N) is 1. The molecule has 7 nitrogen and oxygen atoms in total. The number of benzene rings is 2. The molecule has 1 fully saturated rings. The number of imide groups is 1. The van der Waals surface area contributed by atoms with Crippen molar-refractivity contribution in [1.29, 1.82) is 0 Å². The highest BCUT2D eigenvalue weighted by Gasteiger charge is 2.31. The Morgan fingerprint density at radius 2 is 1.90 bits per heavy atom. The fourth-order valence-electron chi connectivity index (χ4n) is 2.67. The van der Waals surface area contributed by atoms with Crippen LogP contribution in [0.25, 0.3) is 6.08 Å². The minimum atomic E-state index is -0.999. The average Bonchev–Trinajstić information content (AvgIpc) is 2.94. The van der Waals surface area contributed by atoms with Crippen LogP contribution < -0.4 is 9.47 Å². The van der Waals surface area contributed by atoms with Crippen molar-refractivity contribution < 1.29 is 29.0 Å². The molecule has 1 aliphatic heterocycles. The molecule has 0 unspecified atom stereocenters. The smallest absolute Gasteiger partial charge is 0.335 e. The molecule has 0 spiro atoms. The predicted molar refractivity (Wildman–Crippen MR) is 114 cm³/mol. The molecule has 30 heavy (non-hydrogen) atoms. The van der Waals surface area contributed by atoms with Crippen molar-refractivity contribution in [2.45, 2.75) is 13.5 Å². The number of likely N-dealkylation sites (N-methyl/N-ethyl adjacent to an activating group) is 1. The van der Waals surface area contributed by atoms with E-state index in [0.29, 0.717) is 28.6 Å². The van der Waals surface area contributed by atoms with Crippen molar-refractivity contribution in [1.82, 2.24) is 4.90 Å². The summed E-state index contributed by atoms with van der Waals surface area (Å²) < 4.78 is 11.5. The maximum absolute atomic E-state index is 12.1. The molecule has 156 valence electrons. The molecular weight excluding hydrogens is 430 g/mol. The van der Waals surface area contributed by atoms with Gasteiger partial charge in [-0.3, -0.25) is 14.5 Å². The second kappa shape index (κ2) is 9.23. The van der Waals surface area contributed by atoms with E-state index in [4.69, 9.17) is 26.2 Å². The maximum Gasteiger partial charge on any atom is 0.335 e. The summed E-state index contributed by atoms with van der Waals surface area (Å²) in [6.45, 7) is 2.35. The first-order valence-electron chi connectivity index (χ1n) is 8.93. The van der Waals surface area contributed by atoms with E-state index in [1.807, 2.05) is 6.92 Å². The molecule has 0 atom stereocenters. The topological polar surface area (TPSA) is 93.1 Å². The normalized spacial score (nSPS) is 15.0. The van der Waals surface area contributed by atoms with Gasteiger partial charge in [0.1, 0.15) is 6.61 Å². The van der Waals surface area contributed by atoms with Gasteiger partial charge in [-0.05, 0) is 60.2 Å². The molecule has 0 aliphatic carbocycles. The van der Waals surface area contributed by atoms with Crippen molar-refractivity contribution in [3.05, 3.63) is 63.0 Å². The van der Waals surface area contributed by atoms with Crippen LogP contribution >= 0.6 is 23.4 Å². The van der Waals surface area contributed by atoms with Gasteiger partial charge < -0.3 is 14.6 Å². The molecule has 3 rings (SSSR count). The van der Waals surface area contributed by atoms with Crippen LogP contribution in [0.15, 0.2) is 41.3 Å². The van der Waals surface area contributed by atoms with Gasteiger partial charge in [-0.25, -0.2) is 4.79 Å². The zero-order valence-corrected chi connectivity index (χ0v) is 17.7. The summed E-state index contributed by atoms with van der Waals surface area (Å²) in [5, 5.41) is 8.92. The number of hydrogen-bond acceptors (Lipinski definition) is 6. The van der Waals surface area contributed by atoms with Gasteiger partial charge in [-0.15, -0.1) is 0 Å². The van der Waals surface area contributed by atoms with Gasteiger partial charge in [0.2, 0.25) is 0 Å². The maximum atomic E-state index is 12.1. The molecule has 0 radical (unpaired) electrons. The number of halogens is 1. The fraction of sp³-hybridized carbons (Fsp3) is 0.190. The van der Waals surface area contributed by atoms with Gasteiger partial charge in [0, 0.05) is 7.05 Å². The lowest BCUT2D eigenvalue weighted by Gasteiger charge is -2.15. The summed E-state index contributed by atoms with van der Waals surface area (Å²) >= 11 is 7.26. The summed E-state index contributed by atoms with van der Waals surface area (Å²) in [5.74, 6) is -0.638. The third-order valence-electron chi connectivity index (χ3n) is 4.20. The second-order valence-corrected chi connectivity index (χ2v) is 7.69. The monoisotopic (exact) mass is 447 g/mol. The number of amides is 2. The Morgan fingerprint density at radius 1 is 1.20 bits per heavy atom. The number of carboxylic acid groups (broad SMARTS) is 1. The summed E-state index contributed by atoms with van der Waals surface area (Å²) in [4.78, 5) is 36.1. The number of thioether (sulfide) groups is 1. The van der Waals surface area contributed by atoms with Crippen molar-refractivity contribution in [3.63, 3.8) is 0 Å². The van der Waals surface area contributed by atoms with Crippen LogP contribution in [0.5, 0.6) is 11.5 Å². The third kappa shape index (κ3) is 4.77. The SMILES string of the molecule is CCOc1cc(/C=C2\SC(=O)N(C)C2=O)cc(Cl)c1OCc1ccc(C(=O)O)cc1. The molecule has 9 heteroatoms. The lowest BCUT2D eigenvalue weighted by atomic mass is 10.1. The van der Waals surface area contributed by atoms with Gasteiger partial charge in [-0.2, -0.15) is 0 Å². The van der Waals surface area contributed by atoms with E-state index in [2.05, 4.69) is 0 Å². The number of carbonyl (C=O) groups excluding carboxylic acids is 2. The minimum absolute atomic E-state index is 0.160. The Hall–Kier alpha value is -2.97. The molecule has 1 saturated heterocycles. The Morgan fingerprint density at radius 3 is 2.47 bits per heavy atom. The van der Waals surface area contributed by atoms with Gasteiger partial charge in [0.15, 0.2) is 11.5 Å². The number of aromatic carboxylic acids is 1. The lowest BCUT2D eigenvalue weighted by Crippen LogP contribution is -2.22. The summed E-state index contributed by atoms with van der Waals surface area (Å²) in [7, 11) is 1.43. The molecule has 1 heterocycles. The van der Waals surface area contributed by atoms with Crippen LogP contribution in [0.4, 0.5) is 4.79 Å². The minimum Gasteiger partial charge on any atom is -0.490 e. The van der Waals surface area contributed by atoms with Crippen LogP contribution in [0.1, 0.15) is 28.4 Å². The molecule has 0 bridgehead atoms. The van der Waals surface area contributed by atoms with E-state index < -0.39 is 5.97 Å². The fourth-order valence-corrected chi connectivity index (χ4v) is 3.77. The first-order valence-corrected chi connectivity index (χ1v) is 10.1. The summed E-state index contributed by atoms with van der Waals surface area (Å²) in [6, 6.07) is 9.62. The van der Waals surface area contributed by atoms with Gasteiger partial charge in [0.05, 0.1) is 22.1 Å². The van der Waals surface area contributed by atoms with Gasteiger partial charge >= 0.3 is 5.97 Å². The number of rotatable bonds is 7. The molecular formula is C21H18ClNO6S. The first kappa shape index (κ1) is 21.7. The second-order valence-electron chi connectivity index (χ2n) is 6.29. The van der Waals surface area contributed by atoms with E-state index in [1.54, 1.807) is 30.3 Å². The first-order chi connectivity index (χ1) is 14.3. The Labute approximate surface area is 182 Å². The molecule has 1 N–H and O–H groups in total. The third-order valence-corrected chi connectivity index (χ3v) is 5.44. The van der Waals surface area contributed by atoms with Gasteiger partial charge in [0.25, 0.3) is 11.1 Å². The highest BCUT2D eigenvalue weighted by Crippen LogP contribution is 2.39.